The van der Waals surface area contributed by atoms with Crippen LogP contribution < -0.4 is 5.73 Å². The molecule has 1 saturated heterocycles. The third-order valence-electron chi connectivity index (χ3n) is 3.82. The van der Waals surface area contributed by atoms with E-state index in [2.05, 4.69) is 0 Å². The zero-order valence-electron chi connectivity index (χ0n) is 9.26. The fourth-order valence-corrected chi connectivity index (χ4v) is 3.15. The van der Waals surface area contributed by atoms with Crippen molar-refractivity contribution in [3.8, 4) is 0 Å². The van der Waals surface area contributed by atoms with Gasteiger partial charge in [-0.25, -0.2) is 4.79 Å². The average Bonchev–Trinajstić information content (AvgIpc) is 2.74. The second kappa shape index (κ2) is 4.41. The van der Waals surface area contributed by atoms with Crippen LogP contribution in [0.1, 0.15) is 25.7 Å². The minimum Gasteiger partial charge on any atom is -0.480 e. The van der Waals surface area contributed by atoms with E-state index in [0.717, 1.165) is 19.3 Å². The van der Waals surface area contributed by atoms with Crippen molar-refractivity contribution in [1.82, 2.24) is 4.90 Å². The van der Waals surface area contributed by atoms with Gasteiger partial charge in [0.25, 0.3) is 0 Å². The monoisotopic (exact) mass is 226 g/mol. The van der Waals surface area contributed by atoms with Crippen LogP contribution in [0.15, 0.2) is 0 Å². The maximum Gasteiger partial charge on any atom is 0.326 e. The van der Waals surface area contributed by atoms with Crippen molar-refractivity contribution in [2.75, 3.05) is 13.1 Å². The van der Waals surface area contributed by atoms with Crippen molar-refractivity contribution in [2.45, 2.75) is 31.7 Å². The molecule has 0 bridgehead atoms. The van der Waals surface area contributed by atoms with Gasteiger partial charge in [-0.3, -0.25) is 4.79 Å². The minimum atomic E-state index is -0.861. The Morgan fingerprint density at radius 2 is 2.12 bits per heavy atom. The van der Waals surface area contributed by atoms with Gasteiger partial charge in [-0.05, 0) is 24.7 Å². The van der Waals surface area contributed by atoms with Crippen LogP contribution in [-0.2, 0) is 9.59 Å². The standard InChI is InChI=1S/C11H18N2O3/c12-5-4-9(14)13-6-7-2-1-3-8(7)10(13)11(15)16/h7-8,10H,1-6,12H2,(H,15,16). The number of likely N-dealkylation sites (tertiary alicyclic amines) is 1. The number of fused-ring (bicyclic) bond motifs is 1. The molecule has 1 aliphatic heterocycles. The largest absolute Gasteiger partial charge is 0.480 e. The van der Waals surface area contributed by atoms with Gasteiger partial charge in [-0.1, -0.05) is 6.42 Å². The normalized spacial score (nSPS) is 32.8. The van der Waals surface area contributed by atoms with E-state index in [-0.39, 0.29) is 24.8 Å². The first-order chi connectivity index (χ1) is 7.65. The summed E-state index contributed by atoms with van der Waals surface area (Å²) < 4.78 is 0. The molecule has 2 rings (SSSR count). The van der Waals surface area contributed by atoms with E-state index < -0.39 is 12.0 Å². The molecule has 0 spiro atoms. The van der Waals surface area contributed by atoms with Crippen LogP contribution in [0.5, 0.6) is 0 Å². The Morgan fingerprint density at radius 3 is 2.75 bits per heavy atom. The Hall–Kier alpha value is -1.10. The summed E-state index contributed by atoms with van der Waals surface area (Å²) in [5.74, 6) is -0.411. The molecule has 5 heteroatoms. The summed E-state index contributed by atoms with van der Waals surface area (Å²) in [4.78, 5) is 24.5. The first-order valence-electron chi connectivity index (χ1n) is 5.87. The lowest BCUT2D eigenvalue weighted by atomic mass is 9.94. The summed E-state index contributed by atoms with van der Waals surface area (Å²) in [7, 11) is 0. The molecule has 1 amide bonds. The van der Waals surface area contributed by atoms with E-state index in [9.17, 15) is 14.7 Å². The molecule has 1 heterocycles. The van der Waals surface area contributed by atoms with E-state index in [1.165, 1.54) is 4.90 Å². The predicted molar refractivity (Wildman–Crippen MR) is 57.6 cm³/mol. The molecule has 5 nitrogen and oxygen atoms in total. The Kier molecular flexibility index (Phi) is 3.14. The van der Waals surface area contributed by atoms with Crippen molar-refractivity contribution in [3.05, 3.63) is 0 Å². The first kappa shape index (κ1) is 11.4. The third-order valence-corrected chi connectivity index (χ3v) is 3.82. The zero-order valence-corrected chi connectivity index (χ0v) is 9.26. The number of carboxylic acids is 1. The minimum absolute atomic E-state index is 0.107. The number of nitrogens with zero attached hydrogens (tertiary/aromatic N) is 1. The highest BCUT2D eigenvalue weighted by molar-refractivity contribution is 5.84. The Labute approximate surface area is 94.6 Å². The molecule has 3 N–H and O–H groups in total. The number of carboxylic acid groups (broad SMARTS) is 1. The summed E-state index contributed by atoms with van der Waals surface area (Å²) in [6.45, 7) is 0.900. The van der Waals surface area contributed by atoms with Crippen molar-refractivity contribution in [2.24, 2.45) is 17.6 Å². The quantitative estimate of drug-likeness (QED) is 0.712. The van der Waals surface area contributed by atoms with Crippen molar-refractivity contribution >= 4 is 11.9 Å². The maximum absolute atomic E-state index is 11.8. The van der Waals surface area contributed by atoms with Crippen LogP contribution in [0.3, 0.4) is 0 Å². The molecular formula is C11H18N2O3. The lowest BCUT2D eigenvalue weighted by Crippen LogP contribution is -2.43. The fraction of sp³-hybridized carbons (Fsp3) is 0.818. The molecule has 2 fully saturated rings. The van der Waals surface area contributed by atoms with E-state index in [4.69, 9.17) is 5.73 Å². The molecule has 1 aliphatic carbocycles. The second-order valence-electron chi connectivity index (χ2n) is 4.72. The summed E-state index contributed by atoms with van der Waals surface area (Å²) >= 11 is 0. The summed E-state index contributed by atoms with van der Waals surface area (Å²) in [5.41, 5.74) is 5.34. The molecule has 0 radical (unpaired) electrons. The van der Waals surface area contributed by atoms with E-state index in [1.807, 2.05) is 0 Å². The van der Waals surface area contributed by atoms with Gasteiger partial charge < -0.3 is 15.7 Å². The average molecular weight is 226 g/mol. The van der Waals surface area contributed by atoms with Crippen LogP contribution in [0.2, 0.25) is 0 Å². The molecule has 3 atom stereocenters. The van der Waals surface area contributed by atoms with Crippen molar-refractivity contribution in [3.63, 3.8) is 0 Å². The van der Waals surface area contributed by atoms with Gasteiger partial charge in [0.1, 0.15) is 6.04 Å². The van der Waals surface area contributed by atoms with Crippen LogP contribution in [-0.4, -0.2) is 41.0 Å². The smallest absolute Gasteiger partial charge is 0.326 e. The van der Waals surface area contributed by atoms with E-state index in [0.29, 0.717) is 12.5 Å². The molecule has 1 saturated carbocycles. The number of hydrogen-bond donors (Lipinski definition) is 2. The maximum atomic E-state index is 11.8. The van der Waals surface area contributed by atoms with Crippen LogP contribution in [0.25, 0.3) is 0 Å². The number of amides is 1. The fourth-order valence-electron chi connectivity index (χ4n) is 3.15. The predicted octanol–water partition coefficient (Wildman–Crippen LogP) is 0.0469. The van der Waals surface area contributed by atoms with Crippen molar-refractivity contribution in [1.29, 1.82) is 0 Å². The van der Waals surface area contributed by atoms with Gasteiger partial charge in [0.2, 0.25) is 5.91 Å². The molecule has 90 valence electrons. The number of rotatable bonds is 3. The van der Waals surface area contributed by atoms with Gasteiger partial charge >= 0.3 is 5.97 Å². The Bertz CT molecular complexity index is 306. The number of carbonyl (C=O) groups excluding carboxylic acids is 1. The zero-order chi connectivity index (χ0) is 11.7. The van der Waals surface area contributed by atoms with E-state index >= 15 is 0 Å². The van der Waals surface area contributed by atoms with Gasteiger partial charge in [0.05, 0.1) is 0 Å². The topological polar surface area (TPSA) is 83.6 Å². The van der Waals surface area contributed by atoms with Gasteiger partial charge in [0.15, 0.2) is 0 Å². The molecule has 3 unspecified atom stereocenters. The highest BCUT2D eigenvalue weighted by Crippen LogP contribution is 2.42. The molecule has 0 aromatic heterocycles. The molecule has 0 aromatic carbocycles. The summed E-state index contributed by atoms with van der Waals surface area (Å²) in [6, 6.07) is -0.605. The summed E-state index contributed by atoms with van der Waals surface area (Å²) in [6.07, 6.45) is 3.34. The van der Waals surface area contributed by atoms with Crippen LogP contribution in [0.4, 0.5) is 0 Å². The van der Waals surface area contributed by atoms with Gasteiger partial charge in [-0.2, -0.15) is 0 Å². The van der Waals surface area contributed by atoms with Crippen LogP contribution in [0, 0.1) is 11.8 Å². The number of hydrogen-bond acceptors (Lipinski definition) is 3. The molecular weight excluding hydrogens is 208 g/mol. The van der Waals surface area contributed by atoms with Gasteiger partial charge in [0, 0.05) is 19.5 Å². The van der Waals surface area contributed by atoms with Crippen molar-refractivity contribution < 1.29 is 14.7 Å². The highest BCUT2D eigenvalue weighted by Gasteiger charge is 2.49. The van der Waals surface area contributed by atoms with Gasteiger partial charge in [-0.15, -0.1) is 0 Å². The number of carbonyl (C=O) groups is 2. The Balaban J connectivity index is 2.13. The SMILES string of the molecule is NCCC(=O)N1CC2CCCC2C1C(=O)O. The van der Waals surface area contributed by atoms with E-state index in [1.54, 1.807) is 0 Å². The second-order valence-corrected chi connectivity index (χ2v) is 4.72. The lowest BCUT2D eigenvalue weighted by Gasteiger charge is -2.24. The molecule has 2 aliphatic rings. The van der Waals surface area contributed by atoms with Crippen LogP contribution >= 0.6 is 0 Å². The molecule has 16 heavy (non-hydrogen) atoms. The number of nitrogens with two attached hydrogens (primary N) is 1. The Morgan fingerprint density at radius 1 is 1.38 bits per heavy atom. The molecule has 0 aromatic rings. The summed E-state index contributed by atoms with van der Waals surface area (Å²) in [5, 5.41) is 9.22. The number of aliphatic carboxylic acids is 1. The highest BCUT2D eigenvalue weighted by atomic mass is 16.4. The third kappa shape index (κ3) is 1.80. The lowest BCUT2D eigenvalue weighted by molar-refractivity contribution is -0.149. The first-order valence-corrected chi connectivity index (χ1v) is 5.87.